The summed E-state index contributed by atoms with van der Waals surface area (Å²) in [7, 11) is 6.97. The number of amides is 4. The fourth-order valence-corrected chi connectivity index (χ4v) is 6.59. The number of hydrogen-bond acceptors (Lipinski definition) is 13. The largest absolute Gasteiger partial charge is 0.377 e. The van der Waals surface area contributed by atoms with E-state index in [1.807, 2.05) is 42.5 Å². The van der Waals surface area contributed by atoms with Gasteiger partial charge in [0.15, 0.2) is 0 Å². The number of rotatable bonds is 9. The lowest BCUT2D eigenvalue weighted by atomic mass is 10.1. The van der Waals surface area contributed by atoms with E-state index in [-0.39, 0.29) is 49.8 Å². The SMILES string of the molecule is CN(C)C(=O)CN1CCN(CC(=O)Nc2cccc3ccccc23)CCN(CC(=O)N(C)C)CCN(CC(=O)N2CCOCCOCCOCCOCCOCC2)CC1. The van der Waals surface area contributed by atoms with Gasteiger partial charge < -0.3 is 43.7 Å². The minimum atomic E-state index is -0.137. The van der Waals surface area contributed by atoms with Gasteiger partial charge in [0.2, 0.25) is 23.6 Å². The molecule has 4 amide bonds. The maximum absolute atomic E-state index is 14.0. The third kappa shape index (κ3) is 18.6. The molecule has 2 aliphatic rings. The number of benzene rings is 2. The molecule has 0 radical (unpaired) electrons. The lowest BCUT2D eigenvalue weighted by Crippen LogP contribution is -2.51. The van der Waals surface area contributed by atoms with Gasteiger partial charge >= 0.3 is 0 Å². The number of ether oxygens (including phenoxy) is 5. The van der Waals surface area contributed by atoms with Crippen LogP contribution < -0.4 is 5.32 Å². The van der Waals surface area contributed by atoms with E-state index < -0.39 is 0 Å². The maximum Gasteiger partial charge on any atom is 0.238 e. The molecule has 0 aromatic heterocycles. The molecule has 0 aliphatic carbocycles. The fraction of sp³-hybridized carbons (Fsp3) is 0.667. The average molecular weight is 829 g/mol. The van der Waals surface area contributed by atoms with E-state index in [0.29, 0.717) is 132 Å². The molecular formula is C42H68N8O9. The van der Waals surface area contributed by atoms with Gasteiger partial charge in [-0.15, -0.1) is 0 Å². The van der Waals surface area contributed by atoms with Crippen molar-refractivity contribution >= 4 is 40.1 Å². The van der Waals surface area contributed by atoms with Gasteiger partial charge in [-0.1, -0.05) is 36.4 Å². The van der Waals surface area contributed by atoms with Crippen molar-refractivity contribution < 1.29 is 42.9 Å². The minimum absolute atomic E-state index is 0.0270. The summed E-state index contributed by atoms with van der Waals surface area (Å²) in [6.07, 6.45) is 0. The lowest BCUT2D eigenvalue weighted by Gasteiger charge is -2.34. The molecule has 59 heavy (non-hydrogen) atoms. The predicted octanol–water partition coefficient (Wildman–Crippen LogP) is 0.102. The Balaban J connectivity index is 1.46. The predicted molar refractivity (Wildman–Crippen MR) is 226 cm³/mol. The third-order valence-electron chi connectivity index (χ3n) is 10.3. The smallest absolute Gasteiger partial charge is 0.238 e. The van der Waals surface area contributed by atoms with Crippen LogP contribution in [0.4, 0.5) is 5.69 Å². The first kappa shape index (κ1) is 47.9. The van der Waals surface area contributed by atoms with Crippen LogP contribution in [0.3, 0.4) is 0 Å². The van der Waals surface area contributed by atoms with Crippen molar-refractivity contribution in [1.82, 2.24) is 34.3 Å². The standard InChI is InChI=1S/C42H68N8O9/c1-44(2)40(52)33-47-14-12-46(32-39(51)43-38-11-7-9-36-8-5-6-10-37(36)38)13-15-48(34-41(53)45(3)4)17-19-49(18-16-47)35-42(54)50-20-22-55-24-26-57-28-30-59-31-29-58-27-25-56-23-21-50/h5-11H,12-35H2,1-4H3,(H,43,51). The molecule has 0 saturated carbocycles. The molecule has 0 atom stereocenters. The van der Waals surface area contributed by atoms with Crippen LogP contribution in [0, 0.1) is 0 Å². The second-order valence-electron chi connectivity index (χ2n) is 15.2. The van der Waals surface area contributed by atoms with Crippen LogP contribution in [-0.4, -0.2) is 244 Å². The Labute approximate surface area is 350 Å². The molecule has 4 rings (SSSR count). The van der Waals surface area contributed by atoms with E-state index in [9.17, 15) is 19.2 Å². The summed E-state index contributed by atoms with van der Waals surface area (Å²) in [4.78, 5) is 67.0. The monoisotopic (exact) mass is 829 g/mol. The summed E-state index contributed by atoms with van der Waals surface area (Å²) < 4.78 is 28.3. The van der Waals surface area contributed by atoms with E-state index in [0.717, 1.165) is 16.5 Å². The average Bonchev–Trinajstić information content (AvgIpc) is 3.21. The molecule has 0 spiro atoms. The first-order chi connectivity index (χ1) is 28.6. The highest BCUT2D eigenvalue weighted by Gasteiger charge is 2.24. The van der Waals surface area contributed by atoms with Gasteiger partial charge in [-0.25, -0.2) is 0 Å². The van der Waals surface area contributed by atoms with Gasteiger partial charge in [-0.3, -0.25) is 38.8 Å². The van der Waals surface area contributed by atoms with Gasteiger partial charge in [0.05, 0.1) is 92.2 Å². The number of anilines is 1. The summed E-state index contributed by atoms with van der Waals surface area (Å²) in [5.74, 6) is -0.248. The van der Waals surface area contributed by atoms with Crippen molar-refractivity contribution in [3.63, 3.8) is 0 Å². The highest BCUT2D eigenvalue weighted by atomic mass is 16.6. The van der Waals surface area contributed by atoms with Crippen LogP contribution in [0.1, 0.15) is 0 Å². The Bertz CT molecular complexity index is 1510. The number of nitrogens with one attached hydrogen (secondary N) is 1. The van der Waals surface area contributed by atoms with Crippen LogP contribution >= 0.6 is 0 Å². The Morgan fingerprint density at radius 1 is 0.492 bits per heavy atom. The first-order valence-electron chi connectivity index (χ1n) is 20.8. The fourth-order valence-electron chi connectivity index (χ4n) is 6.59. The number of carbonyl (C=O) groups excluding carboxylic acids is 4. The van der Waals surface area contributed by atoms with Crippen LogP contribution in [0.2, 0.25) is 0 Å². The molecule has 330 valence electrons. The Hall–Kier alpha value is -3.78. The van der Waals surface area contributed by atoms with Gasteiger partial charge in [0.25, 0.3) is 0 Å². The van der Waals surface area contributed by atoms with Crippen molar-refractivity contribution in [2.24, 2.45) is 0 Å². The van der Waals surface area contributed by atoms with Gasteiger partial charge in [-0.2, -0.15) is 0 Å². The molecule has 0 unspecified atom stereocenters. The van der Waals surface area contributed by atoms with Crippen LogP contribution in [0.5, 0.6) is 0 Å². The zero-order valence-corrected chi connectivity index (χ0v) is 35.8. The Morgan fingerprint density at radius 3 is 1.34 bits per heavy atom. The zero-order chi connectivity index (χ0) is 42.2. The van der Waals surface area contributed by atoms with Crippen molar-refractivity contribution in [2.75, 3.05) is 191 Å². The van der Waals surface area contributed by atoms with E-state index >= 15 is 0 Å². The maximum atomic E-state index is 14.0. The lowest BCUT2D eigenvalue weighted by molar-refractivity contribution is -0.135. The Kier molecular flexibility index (Phi) is 22.0. The minimum Gasteiger partial charge on any atom is -0.377 e. The molecule has 2 saturated heterocycles. The molecule has 17 nitrogen and oxygen atoms in total. The molecule has 2 aliphatic heterocycles. The molecule has 1 N–H and O–H groups in total. The number of likely N-dealkylation sites (N-methyl/N-ethyl adjacent to an activating group) is 2. The molecular weight excluding hydrogens is 761 g/mol. The molecule has 2 heterocycles. The van der Waals surface area contributed by atoms with E-state index in [4.69, 9.17) is 23.7 Å². The molecule has 2 fully saturated rings. The van der Waals surface area contributed by atoms with Crippen molar-refractivity contribution in [1.29, 1.82) is 0 Å². The van der Waals surface area contributed by atoms with Crippen LogP contribution in [0.25, 0.3) is 10.8 Å². The van der Waals surface area contributed by atoms with E-state index in [2.05, 4.69) is 24.9 Å². The number of carbonyl (C=O) groups is 4. The van der Waals surface area contributed by atoms with Crippen LogP contribution in [-0.2, 0) is 42.9 Å². The van der Waals surface area contributed by atoms with Crippen molar-refractivity contribution in [3.05, 3.63) is 42.5 Å². The summed E-state index contributed by atoms with van der Waals surface area (Å²) >= 11 is 0. The summed E-state index contributed by atoms with van der Waals surface area (Å²) in [5, 5.41) is 5.13. The first-order valence-corrected chi connectivity index (χ1v) is 20.8. The van der Waals surface area contributed by atoms with Crippen molar-refractivity contribution in [3.8, 4) is 0 Å². The Morgan fingerprint density at radius 2 is 0.881 bits per heavy atom. The normalized spacial score (nSPS) is 19.4. The van der Waals surface area contributed by atoms with Gasteiger partial charge in [-0.05, 0) is 11.5 Å². The molecule has 2 aromatic rings. The second kappa shape index (κ2) is 27.1. The molecule has 17 heteroatoms. The zero-order valence-electron chi connectivity index (χ0n) is 35.8. The third-order valence-corrected chi connectivity index (χ3v) is 10.3. The highest BCUT2D eigenvalue weighted by molar-refractivity contribution is 6.02. The quantitative estimate of drug-likeness (QED) is 0.365. The summed E-state index contributed by atoms with van der Waals surface area (Å²) in [6.45, 7) is 9.96. The van der Waals surface area contributed by atoms with Crippen molar-refractivity contribution in [2.45, 2.75) is 0 Å². The highest BCUT2D eigenvalue weighted by Crippen LogP contribution is 2.23. The van der Waals surface area contributed by atoms with Gasteiger partial charge in [0, 0.05) is 105 Å². The topological polar surface area (TPSA) is 149 Å². The van der Waals surface area contributed by atoms with Gasteiger partial charge in [0.1, 0.15) is 0 Å². The van der Waals surface area contributed by atoms with E-state index in [1.165, 1.54) is 0 Å². The van der Waals surface area contributed by atoms with E-state index in [1.54, 1.807) is 42.9 Å². The summed E-state index contributed by atoms with van der Waals surface area (Å²) in [5.41, 5.74) is 0.753. The number of hydrogen-bond donors (Lipinski definition) is 1. The van der Waals surface area contributed by atoms with Crippen LogP contribution in [0.15, 0.2) is 42.5 Å². The second-order valence-corrected chi connectivity index (χ2v) is 15.2. The molecule has 2 aromatic carbocycles. The number of nitrogens with zero attached hydrogens (tertiary/aromatic N) is 7. The number of fused-ring (bicyclic) bond motifs is 1. The molecule has 0 bridgehead atoms. The summed E-state index contributed by atoms with van der Waals surface area (Å²) in [6, 6.07) is 13.8.